The van der Waals surface area contributed by atoms with Gasteiger partial charge in [0.25, 0.3) is 0 Å². The van der Waals surface area contributed by atoms with Crippen LogP contribution in [0.4, 0.5) is 4.39 Å². The summed E-state index contributed by atoms with van der Waals surface area (Å²) in [5.74, 6) is 1.90. The zero-order valence-corrected chi connectivity index (χ0v) is 15.7. The van der Waals surface area contributed by atoms with Crippen LogP contribution in [0.3, 0.4) is 0 Å². The van der Waals surface area contributed by atoms with E-state index < -0.39 is 0 Å². The molecule has 0 aromatic heterocycles. The van der Waals surface area contributed by atoms with Crippen LogP contribution < -0.4 is 9.47 Å². The van der Waals surface area contributed by atoms with Crippen LogP contribution in [0.5, 0.6) is 11.5 Å². The second-order valence-electron chi connectivity index (χ2n) is 7.06. The van der Waals surface area contributed by atoms with E-state index in [0.29, 0.717) is 5.39 Å². The normalized spacial score (nSPS) is 11.7. The van der Waals surface area contributed by atoms with E-state index >= 15 is 0 Å². The smallest absolute Gasteiger partial charge is 0.131 e. The molecule has 0 unspecified atom stereocenters. The fraction of sp³-hybridized carbons (Fsp3) is 0.364. The Hall–Kier alpha value is -2.29. The molecule has 3 aromatic carbocycles. The van der Waals surface area contributed by atoms with Crippen molar-refractivity contribution in [2.45, 2.75) is 39.5 Å². The van der Waals surface area contributed by atoms with Gasteiger partial charge in [-0.15, -0.1) is 0 Å². The highest BCUT2D eigenvalue weighted by atomic mass is 19.1. The van der Waals surface area contributed by atoms with Crippen molar-refractivity contribution in [3.8, 4) is 11.5 Å². The first-order chi connectivity index (χ1) is 11.9. The van der Waals surface area contributed by atoms with E-state index in [1.165, 1.54) is 6.07 Å². The Labute approximate surface area is 148 Å². The van der Waals surface area contributed by atoms with E-state index in [1.54, 1.807) is 20.3 Å². The van der Waals surface area contributed by atoms with Crippen molar-refractivity contribution in [1.29, 1.82) is 0 Å². The molecular weight excluding hydrogens is 315 g/mol. The number of hydrogen-bond acceptors (Lipinski definition) is 2. The van der Waals surface area contributed by atoms with Gasteiger partial charge in [0.15, 0.2) is 0 Å². The van der Waals surface area contributed by atoms with Crippen LogP contribution in [-0.2, 0) is 0 Å². The number of benzene rings is 3. The second kappa shape index (κ2) is 6.55. The Morgan fingerprint density at radius 2 is 1.56 bits per heavy atom. The van der Waals surface area contributed by atoms with Gasteiger partial charge in [-0.05, 0) is 41.0 Å². The second-order valence-corrected chi connectivity index (χ2v) is 7.06. The molecule has 0 bridgehead atoms. The molecule has 3 rings (SSSR count). The Kier molecular flexibility index (Phi) is 4.59. The molecule has 0 aliphatic carbocycles. The van der Waals surface area contributed by atoms with Gasteiger partial charge in [0.1, 0.15) is 17.3 Å². The molecule has 0 heterocycles. The lowest BCUT2D eigenvalue weighted by atomic mass is 9.87. The predicted octanol–water partition coefficient (Wildman–Crippen LogP) is 6.40. The summed E-state index contributed by atoms with van der Waals surface area (Å²) in [7, 11) is 3.36. The van der Waals surface area contributed by atoms with E-state index in [1.807, 2.05) is 12.1 Å². The lowest BCUT2D eigenvalue weighted by Crippen LogP contribution is -2.02. The third kappa shape index (κ3) is 2.72. The van der Waals surface area contributed by atoms with Crippen molar-refractivity contribution in [2.24, 2.45) is 0 Å². The SMILES string of the molecule is COc1c(C(C)C)cc(OC)c2c(C(C)C)c3cccc(F)c3cc12. The highest BCUT2D eigenvalue weighted by molar-refractivity contribution is 6.08. The minimum Gasteiger partial charge on any atom is -0.496 e. The van der Waals surface area contributed by atoms with Gasteiger partial charge in [-0.25, -0.2) is 4.39 Å². The largest absolute Gasteiger partial charge is 0.496 e. The molecule has 0 aliphatic rings. The summed E-state index contributed by atoms with van der Waals surface area (Å²) in [5, 5.41) is 3.48. The summed E-state index contributed by atoms with van der Waals surface area (Å²) in [4.78, 5) is 0. The van der Waals surface area contributed by atoms with Crippen molar-refractivity contribution in [3.63, 3.8) is 0 Å². The summed E-state index contributed by atoms with van der Waals surface area (Å²) in [6.07, 6.45) is 0. The molecule has 0 spiro atoms. The van der Waals surface area contributed by atoms with Gasteiger partial charge in [0.05, 0.1) is 14.2 Å². The van der Waals surface area contributed by atoms with Crippen molar-refractivity contribution in [1.82, 2.24) is 0 Å². The monoisotopic (exact) mass is 340 g/mol. The summed E-state index contributed by atoms with van der Waals surface area (Å²) in [5.41, 5.74) is 2.16. The van der Waals surface area contributed by atoms with Crippen molar-refractivity contribution < 1.29 is 13.9 Å². The molecule has 0 atom stereocenters. The fourth-order valence-corrected chi connectivity index (χ4v) is 3.71. The van der Waals surface area contributed by atoms with Crippen molar-refractivity contribution in [2.75, 3.05) is 14.2 Å². The Morgan fingerprint density at radius 1 is 0.840 bits per heavy atom. The molecular formula is C22H25FO2. The number of ether oxygens (including phenoxy) is 2. The van der Waals surface area contributed by atoms with Crippen LogP contribution in [0.1, 0.15) is 50.7 Å². The molecule has 3 heteroatoms. The topological polar surface area (TPSA) is 18.5 Å². The highest BCUT2D eigenvalue weighted by Crippen LogP contribution is 2.46. The molecule has 0 fully saturated rings. The van der Waals surface area contributed by atoms with E-state index in [0.717, 1.165) is 38.8 Å². The predicted molar refractivity (Wildman–Crippen MR) is 103 cm³/mol. The van der Waals surface area contributed by atoms with Crippen molar-refractivity contribution >= 4 is 21.5 Å². The first-order valence-electron chi connectivity index (χ1n) is 8.70. The molecule has 0 N–H and O–H groups in total. The number of hydrogen-bond donors (Lipinski definition) is 0. The third-order valence-corrected chi connectivity index (χ3v) is 4.83. The van der Waals surface area contributed by atoms with E-state index in [-0.39, 0.29) is 17.7 Å². The number of halogens is 1. The van der Waals surface area contributed by atoms with Gasteiger partial charge in [0.2, 0.25) is 0 Å². The van der Waals surface area contributed by atoms with Gasteiger partial charge in [-0.1, -0.05) is 39.8 Å². The lowest BCUT2D eigenvalue weighted by Gasteiger charge is -2.22. The van der Waals surface area contributed by atoms with E-state index in [4.69, 9.17) is 9.47 Å². The number of fused-ring (bicyclic) bond motifs is 2. The minimum absolute atomic E-state index is 0.211. The zero-order chi connectivity index (χ0) is 18.3. The van der Waals surface area contributed by atoms with Gasteiger partial charge in [-0.3, -0.25) is 0 Å². The van der Waals surface area contributed by atoms with Gasteiger partial charge >= 0.3 is 0 Å². The van der Waals surface area contributed by atoms with Gasteiger partial charge in [-0.2, -0.15) is 0 Å². The summed E-state index contributed by atoms with van der Waals surface area (Å²) < 4.78 is 26.1. The summed E-state index contributed by atoms with van der Waals surface area (Å²) in [6, 6.07) is 9.22. The lowest BCUT2D eigenvalue weighted by molar-refractivity contribution is 0.404. The number of rotatable bonds is 4. The average molecular weight is 340 g/mol. The van der Waals surface area contributed by atoms with Crippen LogP contribution in [0.25, 0.3) is 21.5 Å². The maximum absolute atomic E-state index is 14.6. The molecule has 0 aliphatic heterocycles. The maximum atomic E-state index is 14.6. The van der Waals surface area contributed by atoms with E-state index in [2.05, 4.69) is 33.8 Å². The van der Waals surface area contributed by atoms with Gasteiger partial charge in [0, 0.05) is 21.7 Å². The summed E-state index contributed by atoms with van der Waals surface area (Å²) >= 11 is 0. The van der Waals surface area contributed by atoms with E-state index in [9.17, 15) is 4.39 Å². The first-order valence-corrected chi connectivity index (χ1v) is 8.70. The Bertz CT molecular complexity index is 942. The van der Waals surface area contributed by atoms with Gasteiger partial charge < -0.3 is 9.47 Å². The zero-order valence-electron chi connectivity index (χ0n) is 15.7. The highest BCUT2D eigenvalue weighted by Gasteiger charge is 2.22. The Morgan fingerprint density at radius 3 is 2.12 bits per heavy atom. The van der Waals surface area contributed by atoms with Crippen LogP contribution in [0.2, 0.25) is 0 Å². The molecule has 132 valence electrons. The third-order valence-electron chi connectivity index (χ3n) is 4.83. The van der Waals surface area contributed by atoms with Crippen LogP contribution in [0.15, 0.2) is 30.3 Å². The molecule has 0 amide bonds. The van der Waals surface area contributed by atoms with Crippen molar-refractivity contribution in [3.05, 3.63) is 47.3 Å². The maximum Gasteiger partial charge on any atom is 0.131 e. The van der Waals surface area contributed by atoms with Crippen LogP contribution >= 0.6 is 0 Å². The molecule has 0 saturated heterocycles. The first kappa shape index (κ1) is 17.5. The average Bonchev–Trinajstić information content (AvgIpc) is 2.58. The minimum atomic E-state index is -0.211. The fourth-order valence-electron chi connectivity index (χ4n) is 3.71. The Balaban J connectivity index is 2.64. The quantitative estimate of drug-likeness (QED) is 0.512. The molecule has 25 heavy (non-hydrogen) atoms. The summed E-state index contributed by atoms with van der Waals surface area (Å²) in [6.45, 7) is 8.49. The standard InChI is InChI=1S/C22H25FO2/c1-12(2)15-11-19(24-5)21-17(22(15)25-6)10-16-14(20(21)13(3)4)8-7-9-18(16)23/h7-13H,1-6H3. The molecule has 3 aromatic rings. The van der Waals surface area contributed by atoms with Crippen LogP contribution in [0, 0.1) is 5.82 Å². The number of methoxy groups -OCH3 is 2. The molecule has 0 saturated carbocycles. The van der Waals surface area contributed by atoms with Crippen LogP contribution in [-0.4, -0.2) is 14.2 Å². The molecule has 0 radical (unpaired) electrons. The molecule has 2 nitrogen and oxygen atoms in total.